The third-order valence-electron chi connectivity index (χ3n) is 7.06. The molecule has 0 saturated carbocycles. The molecule has 11 heteroatoms. The minimum Gasteiger partial charge on any atom is -0.426 e. The average molecular weight is 664 g/mol. The van der Waals surface area contributed by atoms with E-state index < -0.39 is 36.1 Å². The smallest absolute Gasteiger partial charge is 0.311 e. The van der Waals surface area contributed by atoms with Gasteiger partial charge >= 0.3 is 5.97 Å². The van der Waals surface area contributed by atoms with Crippen LogP contribution in [0.5, 0.6) is 5.75 Å². The first-order valence-electron chi connectivity index (χ1n) is 14.7. The summed E-state index contributed by atoms with van der Waals surface area (Å²) in [4.78, 5) is 43.4. The number of rotatable bonds is 11. The highest BCUT2D eigenvalue weighted by molar-refractivity contribution is 6.31. The molecule has 0 spiro atoms. The maximum Gasteiger partial charge on any atom is 0.311 e. The highest BCUT2D eigenvalue weighted by Crippen LogP contribution is 2.30. The summed E-state index contributed by atoms with van der Waals surface area (Å²) in [5.41, 5.74) is 8.63. The van der Waals surface area contributed by atoms with Crippen LogP contribution in [0, 0.1) is 11.7 Å². The Balaban J connectivity index is 1.65. The summed E-state index contributed by atoms with van der Waals surface area (Å²) < 4.78 is 45.4. The molecular formula is C36H33ClF3N3O4. The summed E-state index contributed by atoms with van der Waals surface area (Å²) in [5.74, 6) is -2.56. The van der Waals surface area contributed by atoms with Crippen LogP contribution in [0.25, 0.3) is 22.3 Å². The number of esters is 1. The van der Waals surface area contributed by atoms with Gasteiger partial charge in [0.05, 0.1) is 16.4 Å². The van der Waals surface area contributed by atoms with E-state index in [0.717, 1.165) is 5.56 Å². The first-order chi connectivity index (χ1) is 22.3. The van der Waals surface area contributed by atoms with Crippen LogP contribution in [0.15, 0.2) is 89.9 Å². The maximum atomic E-state index is 13.8. The molecule has 0 fully saturated rings. The molecule has 7 nitrogen and oxygen atoms in total. The maximum absolute atomic E-state index is 13.8. The zero-order valence-electron chi connectivity index (χ0n) is 25.9. The first kappa shape index (κ1) is 34.9. The fourth-order valence-electron chi connectivity index (χ4n) is 4.73. The fraction of sp³-hybridized carbons (Fsp3) is 0.222. The van der Waals surface area contributed by atoms with Crippen LogP contribution in [-0.2, 0) is 16.0 Å². The number of amides is 2. The van der Waals surface area contributed by atoms with Gasteiger partial charge in [-0.15, -0.1) is 0 Å². The molecule has 4 aromatic rings. The van der Waals surface area contributed by atoms with Crippen LogP contribution >= 0.6 is 11.6 Å². The second-order valence-corrected chi connectivity index (χ2v) is 11.8. The number of nitrogens with zero attached hydrogens (tertiary/aromatic N) is 1. The van der Waals surface area contributed by atoms with Crippen LogP contribution in [0.4, 0.5) is 13.2 Å². The second-order valence-electron chi connectivity index (χ2n) is 11.4. The molecule has 0 heterocycles. The SMILES string of the molecule is CC(N)=NC(=O)C(Cc1ccc(-c2ccc(F)c(Cl)c2)cc1)NC(=O)c1cc(-c2ccc(C(F)F)cc2)ccc1OC(=O)CC(C)C. The predicted molar refractivity (Wildman–Crippen MR) is 176 cm³/mol. The third kappa shape index (κ3) is 9.52. The third-order valence-corrected chi connectivity index (χ3v) is 7.35. The van der Waals surface area contributed by atoms with Crippen molar-refractivity contribution in [2.24, 2.45) is 16.6 Å². The lowest BCUT2D eigenvalue weighted by atomic mass is 9.99. The molecule has 47 heavy (non-hydrogen) atoms. The molecule has 3 N–H and O–H groups in total. The Kier molecular flexibility index (Phi) is 11.6. The minimum absolute atomic E-state index is 0.00167. The molecule has 0 aliphatic heterocycles. The Morgan fingerprint density at radius 2 is 1.45 bits per heavy atom. The van der Waals surface area contributed by atoms with Gasteiger partial charge < -0.3 is 15.8 Å². The van der Waals surface area contributed by atoms with Gasteiger partial charge in [-0.3, -0.25) is 14.4 Å². The van der Waals surface area contributed by atoms with Gasteiger partial charge in [0.15, 0.2) is 0 Å². The van der Waals surface area contributed by atoms with Crippen molar-refractivity contribution in [3.63, 3.8) is 0 Å². The summed E-state index contributed by atoms with van der Waals surface area (Å²) >= 11 is 5.93. The molecule has 0 bridgehead atoms. The minimum atomic E-state index is -2.64. The summed E-state index contributed by atoms with van der Waals surface area (Å²) in [5, 5.41) is 2.69. The lowest BCUT2D eigenvalue weighted by molar-refractivity contribution is -0.135. The highest BCUT2D eigenvalue weighted by atomic mass is 35.5. The van der Waals surface area contributed by atoms with E-state index >= 15 is 0 Å². The summed E-state index contributed by atoms with van der Waals surface area (Å²) in [6.07, 6.45) is -2.51. The van der Waals surface area contributed by atoms with Crippen molar-refractivity contribution in [3.05, 3.63) is 112 Å². The lowest BCUT2D eigenvalue weighted by Gasteiger charge is -2.18. The summed E-state index contributed by atoms with van der Waals surface area (Å²) in [6.45, 7) is 5.13. The van der Waals surface area contributed by atoms with E-state index in [1.165, 1.54) is 55.5 Å². The molecule has 0 saturated heterocycles. The average Bonchev–Trinajstić information content (AvgIpc) is 3.02. The molecule has 0 aliphatic rings. The van der Waals surface area contributed by atoms with Gasteiger partial charge in [-0.25, -0.2) is 13.2 Å². The largest absolute Gasteiger partial charge is 0.426 e. The van der Waals surface area contributed by atoms with Crippen molar-refractivity contribution < 1.29 is 32.3 Å². The van der Waals surface area contributed by atoms with Gasteiger partial charge in [-0.1, -0.05) is 86.1 Å². The first-order valence-corrected chi connectivity index (χ1v) is 15.1. The van der Waals surface area contributed by atoms with Gasteiger partial charge in [0.1, 0.15) is 17.6 Å². The number of ether oxygens (including phenoxy) is 1. The Bertz CT molecular complexity index is 1790. The molecule has 244 valence electrons. The number of aliphatic imine (C=N–C) groups is 1. The Hall–Kier alpha value is -4.96. The monoisotopic (exact) mass is 663 g/mol. The van der Waals surface area contributed by atoms with Crippen molar-refractivity contribution in [2.45, 2.75) is 46.1 Å². The number of halogens is 4. The normalized spacial score (nSPS) is 12.2. The van der Waals surface area contributed by atoms with Crippen molar-refractivity contribution >= 4 is 35.2 Å². The standard InChI is InChI=1S/C36H33ClF3N3O4/c1-20(2)16-33(44)47-32-15-13-26(24-8-10-25(11-9-24)34(39)40)18-28(32)35(45)43-31(36(46)42-21(3)41)17-22-4-6-23(7-5-22)27-12-14-30(38)29(37)19-27/h4-15,18-20,31,34H,16-17H2,1-3H3,(H,43,45)(H2,41,42,46). The Morgan fingerprint density at radius 3 is 2.02 bits per heavy atom. The van der Waals surface area contributed by atoms with Gasteiger partial charge in [0.25, 0.3) is 18.2 Å². The summed E-state index contributed by atoms with van der Waals surface area (Å²) in [7, 11) is 0. The molecule has 0 aliphatic carbocycles. The van der Waals surface area contributed by atoms with Crippen molar-refractivity contribution in [1.29, 1.82) is 0 Å². The number of nitrogens with two attached hydrogens (primary N) is 1. The predicted octanol–water partition coefficient (Wildman–Crippen LogP) is 7.95. The van der Waals surface area contributed by atoms with Crippen LogP contribution in [-0.4, -0.2) is 29.7 Å². The zero-order chi connectivity index (χ0) is 34.2. The van der Waals surface area contributed by atoms with Crippen LogP contribution in [0.2, 0.25) is 5.02 Å². The van der Waals surface area contributed by atoms with E-state index in [-0.39, 0.29) is 46.5 Å². The quantitative estimate of drug-likeness (QED) is 0.0732. The molecule has 2 amide bonds. The lowest BCUT2D eigenvalue weighted by Crippen LogP contribution is -2.42. The second kappa shape index (κ2) is 15.6. The number of carbonyl (C=O) groups is 3. The van der Waals surface area contributed by atoms with Crippen LogP contribution < -0.4 is 15.8 Å². The van der Waals surface area contributed by atoms with Gasteiger partial charge in [0.2, 0.25) is 0 Å². The molecule has 0 aromatic heterocycles. The number of nitrogens with one attached hydrogen (secondary N) is 1. The highest BCUT2D eigenvalue weighted by Gasteiger charge is 2.25. The molecule has 1 unspecified atom stereocenters. The van der Waals surface area contributed by atoms with Crippen LogP contribution in [0.1, 0.15) is 55.1 Å². The van der Waals surface area contributed by atoms with Crippen molar-refractivity contribution in [2.75, 3.05) is 0 Å². The molecular weight excluding hydrogens is 631 g/mol. The van der Waals surface area contributed by atoms with E-state index in [1.807, 2.05) is 13.8 Å². The Morgan fingerprint density at radius 1 is 0.872 bits per heavy atom. The van der Waals surface area contributed by atoms with E-state index in [9.17, 15) is 27.6 Å². The van der Waals surface area contributed by atoms with E-state index in [4.69, 9.17) is 22.1 Å². The van der Waals surface area contributed by atoms with E-state index in [0.29, 0.717) is 22.3 Å². The number of alkyl halides is 2. The van der Waals surface area contributed by atoms with Crippen LogP contribution in [0.3, 0.4) is 0 Å². The number of carbonyl (C=O) groups excluding carboxylic acids is 3. The number of hydrogen-bond acceptors (Lipinski definition) is 4. The fourth-order valence-corrected chi connectivity index (χ4v) is 4.91. The molecule has 4 aromatic carbocycles. The van der Waals surface area contributed by atoms with E-state index in [2.05, 4.69) is 10.3 Å². The molecule has 4 rings (SSSR count). The number of amidine groups is 1. The number of hydrogen-bond donors (Lipinski definition) is 2. The van der Waals surface area contributed by atoms with Gasteiger partial charge in [-0.2, -0.15) is 4.99 Å². The van der Waals surface area contributed by atoms with Gasteiger partial charge in [-0.05, 0) is 64.9 Å². The van der Waals surface area contributed by atoms with Crippen molar-refractivity contribution in [1.82, 2.24) is 5.32 Å². The molecule has 1 atom stereocenters. The zero-order valence-corrected chi connectivity index (χ0v) is 26.7. The number of benzene rings is 4. The Labute approximate surface area is 275 Å². The van der Waals surface area contributed by atoms with E-state index in [1.54, 1.807) is 36.4 Å². The summed E-state index contributed by atoms with van der Waals surface area (Å²) in [6, 6.07) is 20.3. The van der Waals surface area contributed by atoms with Gasteiger partial charge in [0, 0.05) is 18.4 Å². The van der Waals surface area contributed by atoms with Crippen molar-refractivity contribution in [3.8, 4) is 28.0 Å². The topological polar surface area (TPSA) is 111 Å². The molecule has 0 radical (unpaired) electrons.